The zero-order valence-corrected chi connectivity index (χ0v) is 18.0. The highest BCUT2D eigenvalue weighted by Crippen LogP contribution is 2.38. The van der Waals surface area contributed by atoms with Gasteiger partial charge in [0.05, 0.1) is 28.9 Å². The summed E-state index contributed by atoms with van der Waals surface area (Å²) in [7, 11) is 0. The molecular formula is C20H16F12O2S. The Hall–Kier alpha value is -2.39. The number of aliphatic hydroxyl groups excluding tert-OH is 2. The molecule has 0 aromatic heterocycles. The van der Waals surface area contributed by atoms with E-state index >= 15 is 0 Å². The summed E-state index contributed by atoms with van der Waals surface area (Å²) in [6.45, 7) is 2.17. The van der Waals surface area contributed by atoms with Crippen molar-refractivity contribution in [3.05, 3.63) is 76.4 Å². The van der Waals surface area contributed by atoms with Crippen LogP contribution in [0.15, 0.2) is 43.0 Å². The van der Waals surface area contributed by atoms with Gasteiger partial charge in [-0.1, -0.05) is 12.7 Å². The first-order chi connectivity index (χ1) is 15.2. The van der Waals surface area contributed by atoms with Crippen LogP contribution in [0.25, 0.3) is 6.08 Å². The molecule has 0 aliphatic rings. The smallest absolute Gasteiger partial charge is 0.393 e. The van der Waals surface area contributed by atoms with Crippen molar-refractivity contribution in [1.29, 1.82) is 0 Å². The minimum atomic E-state index is -4.97. The van der Waals surface area contributed by atoms with Crippen LogP contribution in [-0.4, -0.2) is 16.8 Å². The maximum atomic E-state index is 12.4. The molecule has 0 saturated heterocycles. The van der Waals surface area contributed by atoms with Crippen LogP contribution in [-0.2, 0) is 24.7 Å². The molecule has 198 valence electrons. The Morgan fingerprint density at radius 3 is 1.14 bits per heavy atom. The zero-order chi connectivity index (χ0) is 26.7. The number of rotatable bonds is 3. The van der Waals surface area contributed by atoms with E-state index in [-0.39, 0.29) is 31.2 Å². The predicted octanol–water partition coefficient (Wildman–Crippen LogP) is 7.23. The molecule has 2 aromatic carbocycles. The molecule has 0 unspecified atom stereocenters. The van der Waals surface area contributed by atoms with Gasteiger partial charge in [-0.25, -0.2) is 0 Å². The van der Waals surface area contributed by atoms with Gasteiger partial charge < -0.3 is 10.2 Å². The number of benzene rings is 2. The van der Waals surface area contributed by atoms with Gasteiger partial charge in [0.1, 0.15) is 6.10 Å². The van der Waals surface area contributed by atoms with Crippen molar-refractivity contribution in [1.82, 2.24) is 0 Å². The first-order valence-corrected chi connectivity index (χ1v) is 8.70. The first kappa shape index (κ1) is 32.6. The van der Waals surface area contributed by atoms with E-state index in [1.165, 1.54) is 0 Å². The summed E-state index contributed by atoms with van der Waals surface area (Å²) in [5.74, 6) is 0. The summed E-state index contributed by atoms with van der Waals surface area (Å²) in [6.07, 6.45) is -20.4. The molecule has 15 heteroatoms. The van der Waals surface area contributed by atoms with Gasteiger partial charge in [-0.2, -0.15) is 66.2 Å². The molecule has 35 heavy (non-hydrogen) atoms. The number of hydrogen-bond acceptors (Lipinski definition) is 2. The third kappa shape index (κ3) is 9.64. The van der Waals surface area contributed by atoms with E-state index in [1.54, 1.807) is 0 Å². The minimum Gasteiger partial charge on any atom is -0.393 e. The molecule has 2 rings (SSSR count). The first-order valence-electron chi connectivity index (χ1n) is 8.70. The van der Waals surface area contributed by atoms with E-state index in [9.17, 15) is 52.7 Å². The molecule has 2 N–H and O–H groups in total. The second kappa shape index (κ2) is 11.6. The predicted molar refractivity (Wildman–Crippen MR) is 105 cm³/mol. The highest BCUT2D eigenvalue weighted by atomic mass is 32.1. The van der Waals surface area contributed by atoms with Crippen LogP contribution in [0.1, 0.15) is 39.5 Å². The average molecular weight is 548 g/mol. The van der Waals surface area contributed by atoms with Crippen molar-refractivity contribution in [2.24, 2.45) is 0 Å². The Labute approximate surface area is 196 Å². The summed E-state index contributed by atoms with van der Waals surface area (Å²) in [5, 5.41) is 17.7. The molecule has 2 nitrogen and oxygen atoms in total. The molecule has 0 amide bonds. The van der Waals surface area contributed by atoms with Crippen LogP contribution in [0.2, 0.25) is 0 Å². The van der Waals surface area contributed by atoms with Gasteiger partial charge in [-0.15, -0.1) is 0 Å². The average Bonchev–Trinajstić information content (AvgIpc) is 2.70. The molecule has 0 bridgehead atoms. The third-order valence-electron chi connectivity index (χ3n) is 4.01. The number of alkyl halides is 12. The molecular weight excluding hydrogens is 532 g/mol. The van der Waals surface area contributed by atoms with Gasteiger partial charge in [-0.3, -0.25) is 0 Å². The lowest BCUT2D eigenvalue weighted by atomic mass is 10.0. The fourth-order valence-electron chi connectivity index (χ4n) is 2.37. The SMILES string of the molecule is C=Cc1cc(C(F)(F)F)cc(C(F)(F)F)c1.OC[C@@H](O)c1cc(C(F)(F)F)cc(C(F)(F)F)c1.S. The summed E-state index contributed by atoms with van der Waals surface area (Å²) in [4.78, 5) is 0. The van der Waals surface area contributed by atoms with Crippen molar-refractivity contribution in [2.75, 3.05) is 6.61 Å². The van der Waals surface area contributed by atoms with Crippen molar-refractivity contribution in [3.8, 4) is 0 Å². The molecule has 0 fully saturated rings. The van der Waals surface area contributed by atoms with Crippen LogP contribution >= 0.6 is 13.5 Å². The van der Waals surface area contributed by atoms with Crippen molar-refractivity contribution >= 4 is 19.6 Å². The maximum absolute atomic E-state index is 12.4. The van der Waals surface area contributed by atoms with Crippen molar-refractivity contribution in [3.63, 3.8) is 0 Å². The number of aliphatic hydroxyl groups is 2. The Morgan fingerprint density at radius 2 is 0.914 bits per heavy atom. The minimum absolute atomic E-state index is 0. The fourth-order valence-corrected chi connectivity index (χ4v) is 2.37. The van der Waals surface area contributed by atoms with Crippen LogP contribution in [0.3, 0.4) is 0 Å². The largest absolute Gasteiger partial charge is 0.416 e. The van der Waals surface area contributed by atoms with E-state index in [4.69, 9.17) is 10.2 Å². The van der Waals surface area contributed by atoms with E-state index < -0.39 is 65.2 Å². The Kier molecular flexibility index (Phi) is 10.8. The van der Waals surface area contributed by atoms with Crippen molar-refractivity contribution < 1.29 is 62.9 Å². The zero-order valence-electron chi connectivity index (χ0n) is 17.0. The van der Waals surface area contributed by atoms with Gasteiger partial charge in [0, 0.05) is 0 Å². The summed E-state index contributed by atoms with van der Waals surface area (Å²) in [6, 6.07) is 2.00. The van der Waals surface area contributed by atoms with Gasteiger partial charge in [-0.05, 0) is 47.5 Å². The summed E-state index contributed by atoms with van der Waals surface area (Å²) in [5.41, 5.74) is -6.59. The van der Waals surface area contributed by atoms with Gasteiger partial charge in [0.2, 0.25) is 0 Å². The molecule has 0 radical (unpaired) electrons. The molecule has 1 atom stereocenters. The highest BCUT2D eigenvalue weighted by Gasteiger charge is 2.38. The topological polar surface area (TPSA) is 40.5 Å². The second-order valence-electron chi connectivity index (χ2n) is 6.58. The highest BCUT2D eigenvalue weighted by molar-refractivity contribution is 7.59. The molecule has 0 aliphatic heterocycles. The van der Waals surface area contributed by atoms with Gasteiger partial charge in [0.15, 0.2) is 0 Å². The van der Waals surface area contributed by atoms with E-state index in [0.29, 0.717) is 24.3 Å². The Morgan fingerprint density at radius 1 is 0.629 bits per heavy atom. The molecule has 0 heterocycles. The van der Waals surface area contributed by atoms with Crippen LogP contribution in [0.5, 0.6) is 0 Å². The molecule has 0 aliphatic carbocycles. The van der Waals surface area contributed by atoms with Crippen molar-refractivity contribution in [2.45, 2.75) is 30.8 Å². The van der Waals surface area contributed by atoms with Gasteiger partial charge in [0.25, 0.3) is 0 Å². The quantitative estimate of drug-likeness (QED) is 0.398. The normalized spacial score (nSPS) is 13.3. The number of halogens is 12. The monoisotopic (exact) mass is 548 g/mol. The third-order valence-corrected chi connectivity index (χ3v) is 4.01. The van der Waals surface area contributed by atoms with Crippen LogP contribution in [0, 0.1) is 0 Å². The second-order valence-corrected chi connectivity index (χ2v) is 6.58. The number of hydrogen-bond donors (Lipinski definition) is 2. The fraction of sp³-hybridized carbons (Fsp3) is 0.300. The molecule has 0 spiro atoms. The van der Waals surface area contributed by atoms with E-state index in [0.717, 1.165) is 6.08 Å². The Bertz CT molecular complexity index is 927. The molecule has 2 aromatic rings. The molecule has 0 saturated carbocycles. The van der Waals surface area contributed by atoms with E-state index in [1.807, 2.05) is 0 Å². The standard InChI is InChI=1S/C10H8F6O2.C10H6F6.H2S/c11-9(12,13)6-1-5(8(18)4-17)2-7(3-6)10(14,15)16;1-2-6-3-7(9(11,12)13)5-8(4-6)10(14,15)16;/h1-3,8,17-18H,4H2;2-5H,1H2;1H2/t8-;;/m1../s1. The lowest BCUT2D eigenvalue weighted by Crippen LogP contribution is -2.13. The summed E-state index contributed by atoms with van der Waals surface area (Å²) < 4.78 is 148. The Balaban J connectivity index is 0.000000646. The maximum Gasteiger partial charge on any atom is 0.416 e. The lowest BCUT2D eigenvalue weighted by molar-refractivity contribution is -0.144. The van der Waals surface area contributed by atoms with Crippen LogP contribution < -0.4 is 0 Å². The van der Waals surface area contributed by atoms with Gasteiger partial charge >= 0.3 is 24.7 Å². The summed E-state index contributed by atoms with van der Waals surface area (Å²) >= 11 is 0. The van der Waals surface area contributed by atoms with Crippen LogP contribution in [0.4, 0.5) is 52.7 Å². The lowest BCUT2D eigenvalue weighted by Gasteiger charge is -2.16. The van der Waals surface area contributed by atoms with E-state index in [2.05, 4.69) is 6.58 Å².